The van der Waals surface area contributed by atoms with Crippen LogP contribution in [0.1, 0.15) is 37.7 Å². The molecule has 0 aromatic heterocycles. The number of primary amides is 1. The van der Waals surface area contributed by atoms with Gasteiger partial charge in [-0.25, -0.2) is 4.79 Å². The smallest absolute Gasteiger partial charge is 0.316 e. The number of hydrogen-bond donors (Lipinski definition) is 3. The van der Waals surface area contributed by atoms with E-state index in [0.717, 1.165) is 33.2 Å². The fourth-order valence-electron chi connectivity index (χ4n) is 4.35. The van der Waals surface area contributed by atoms with Crippen molar-refractivity contribution in [2.24, 2.45) is 11.7 Å². The van der Waals surface area contributed by atoms with E-state index < -0.39 is 12.0 Å². The molecule has 0 aliphatic heterocycles. The van der Waals surface area contributed by atoms with Crippen LogP contribution in [0.5, 0.6) is 5.75 Å². The van der Waals surface area contributed by atoms with E-state index in [1.807, 2.05) is 48.5 Å². The van der Waals surface area contributed by atoms with E-state index in [4.69, 9.17) is 15.6 Å². The lowest BCUT2D eigenvalue weighted by atomic mass is 9.97. The average Bonchev–Trinajstić information content (AvgIpc) is 3.29. The molecule has 3 aromatic carbocycles. The van der Waals surface area contributed by atoms with E-state index in [-0.39, 0.29) is 6.42 Å². The van der Waals surface area contributed by atoms with Gasteiger partial charge in [0.1, 0.15) is 5.75 Å². The van der Waals surface area contributed by atoms with Crippen molar-refractivity contribution >= 4 is 28.5 Å². The van der Waals surface area contributed by atoms with E-state index >= 15 is 0 Å². The Morgan fingerprint density at radius 2 is 1.75 bits per heavy atom. The second-order valence-electron chi connectivity index (χ2n) is 8.45. The van der Waals surface area contributed by atoms with Crippen molar-refractivity contribution in [1.82, 2.24) is 0 Å². The highest BCUT2D eigenvalue weighted by Crippen LogP contribution is 2.35. The van der Waals surface area contributed by atoms with Crippen LogP contribution in [0.2, 0.25) is 0 Å². The zero-order valence-electron chi connectivity index (χ0n) is 18.0. The van der Waals surface area contributed by atoms with Gasteiger partial charge in [-0.1, -0.05) is 37.1 Å². The van der Waals surface area contributed by atoms with Gasteiger partial charge in [0.05, 0.1) is 6.61 Å². The van der Waals surface area contributed by atoms with Crippen molar-refractivity contribution in [3.8, 4) is 16.9 Å². The quantitative estimate of drug-likeness (QED) is 0.432. The van der Waals surface area contributed by atoms with Crippen LogP contribution in [0.4, 0.5) is 10.5 Å². The Hall–Kier alpha value is -3.54. The fourth-order valence-corrected chi connectivity index (χ4v) is 4.35. The SMILES string of the molecule is NC(=O)Nc1ccc2cc(-c3cc(CCC(=O)O)ccc3OCC3CCCC3)ccc2c1. The maximum absolute atomic E-state index is 11.1. The third kappa shape index (κ3) is 5.38. The van der Waals surface area contributed by atoms with Crippen molar-refractivity contribution in [2.75, 3.05) is 11.9 Å². The summed E-state index contributed by atoms with van der Waals surface area (Å²) in [6.45, 7) is 0.706. The van der Waals surface area contributed by atoms with E-state index in [0.29, 0.717) is 24.6 Å². The van der Waals surface area contributed by atoms with E-state index in [2.05, 4.69) is 11.4 Å². The van der Waals surface area contributed by atoms with E-state index in [1.54, 1.807) is 0 Å². The van der Waals surface area contributed by atoms with Gasteiger partial charge >= 0.3 is 12.0 Å². The molecule has 32 heavy (non-hydrogen) atoms. The Bertz CT molecular complexity index is 1140. The molecule has 166 valence electrons. The van der Waals surface area contributed by atoms with Crippen LogP contribution in [-0.4, -0.2) is 23.7 Å². The summed E-state index contributed by atoms with van der Waals surface area (Å²) in [6.07, 6.45) is 5.53. The predicted octanol–water partition coefficient (Wildman–Crippen LogP) is 5.58. The molecule has 0 radical (unpaired) electrons. The molecule has 6 nitrogen and oxygen atoms in total. The maximum atomic E-state index is 11.1. The number of carbonyl (C=O) groups excluding carboxylic acids is 1. The van der Waals surface area contributed by atoms with Gasteiger partial charge in [-0.2, -0.15) is 0 Å². The Labute approximate surface area is 187 Å². The number of aliphatic carboxylic acids is 1. The normalized spacial score (nSPS) is 13.9. The highest BCUT2D eigenvalue weighted by molar-refractivity contribution is 5.94. The number of carboxylic acid groups (broad SMARTS) is 1. The average molecular weight is 433 g/mol. The number of benzene rings is 3. The summed E-state index contributed by atoms with van der Waals surface area (Å²) in [5, 5.41) is 13.7. The van der Waals surface area contributed by atoms with Gasteiger partial charge in [-0.3, -0.25) is 4.79 Å². The molecule has 0 bridgehead atoms. The number of hydrogen-bond acceptors (Lipinski definition) is 3. The predicted molar refractivity (Wildman–Crippen MR) is 126 cm³/mol. The Kier molecular flexibility index (Phi) is 6.59. The zero-order valence-corrected chi connectivity index (χ0v) is 18.0. The number of urea groups is 1. The number of nitrogens with two attached hydrogens (primary N) is 1. The Morgan fingerprint density at radius 3 is 2.50 bits per heavy atom. The van der Waals surface area contributed by atoms with E-state index in [1.165, 1.54) is 25.7 Å². The van der Waals surface area contributed by atoms with Crippen molar-refractivity contribution in [2.45, 2.75) is 38.5 Å². The number of carboxylic acids is 1. The number of aryl methyl sites for hydroxylation is 1. The van der Waals surface area contributed by atoms with Crippen LogP contribution in [0.3, 0.4) is 0 Å². The molecular formula is C26H28N2O4. The third-order valence-corrected chi connectivity index (χ3v) is 6.04. The number of carbonyl (C=O) groups is 2. The van der Waals surface area contributed by atoms with Gasteiger partial charge in [-0.15, -0.1) is 0 Å². The molecule has 0 spiro atoms. The van der Waals surface area contributed by atoms with Crippen LogP contribution < -0.4 is 15.8 Å². The number of fused-ring (bicyclic) bond motifs is 1. The molecule has 0 atom stereocenters. The lowest BCUT2D eigenvalue weighted by molar-refractivity contribution is -0.136. The monoisotopic (exact) mass is 432 g/mol. The molecular weight excluding hydrogens is 404 g/mol. The van der Waals surface area contributed by atoms with Crippen LogP contribution in [0.25, 0.3) is 21.9 Å². The first-order valence-corrected chi connectivity index (χ1v) is 11.1. The van der Waals surface area contributed by atoms with Crippen LogP contribution >= 0.6 is 0 Å². The molecule has 1 fully saturated rings. The molecule has 0 heterocycles. The second kappa shape index (κ2) is 9.73. The first-order chi connectivity index (χ1) is 15.5. The minimum absolute atomic E-state index is 0.0923. The zero-order chi connectivity index (χ0) is 22.5. The van der Waals surface area contributed by atoms with Crippen LogP contribution in [-0.2, 0) is 11.2 Å². The highest BCUT2D eigenvalue weighted by atomic mass is 16.5. The summed E-state index contributed by atoms with van der Waals surface area (Å²) in [7, 11) is 0. The van der Waals surface area contributed by atoms with Crippen molar-refractivity contribution < 1.29 is 19.4 Å². The first kappa shape index (κ1) is 21.7. The number of nitrogens with one attached hydrogen (secondary N) is 1. The first-order valence-electron chi connectivity index (χ1n) is 11.1. The Morgan fingerprint density at radius 1 is 1.00 bits per heavy atom. The minimum atomic E-state index is -0.806. The van der Waals surface area contributed by atoms with Crippen molar-refractivity contribution in [3.05, 3.63) is 60.2 Å². The van der Waals surface area contributed by atoms with Crippen LogP contribution in [0, 0.1) is 5.92 Å². The Balaban J connectivity index is 1.65. The topological polar surface area (TPSA) is 102 Å². The lowest BCUT2D eigenvalue weighted by Gasteiger charge is -2.17. The summed E-state index contributed by atoms with van der Waals surface area (Å²) in [4.78, 5) is 22.2. The van der Waals surface area contributed by atoms with Crippen molar-refractivity contribution in [1.29, 1.82) is 0 Å². The van der Waals surface area contributed by atoms with Crippen LogP contribution in [0.15, 0.2) is 54.6 Å². The van der Waals surface area contributed by atoms with E-state index in [9.17, 15) is 9.59 Å². The summed E-state index contributed by atoms with van der Waals surface area (Å²) in [5.41, 5.74) is 8.80. The third-order valence-electron chi connectivity index (χ3n) is 6.04. The van der Waals surface area contributed by atoms with Gasteiger partial charge in [0.15, 0.2) is 0 Å². The number of ether oxygens (including phenoxy) is 1. The molecule has 2 amide bonds. The molecule has 1 saturated carbocycles. The minimum Gasteiger partial charge on any atom is -0.493 e. The molecule has 0 saturated heterocycles. The lowest BCUT2D eigenvalue weighted by Crippen LogP contribution is -2.19. The van der Waals surface area contributed by atoms with Crippen molar-refractivity contribution in [3.63, 3.8) is 0 Å². The molecule has 4 N–H and O–H groups in total. The molecule has 3 aromatic rings. The summed E-state index contributed by atoms with van der Waals surface area (Å²) < 4.78 is 6.25. The summed E-state index contributed by atoms with van der Waals surface area (Å²) >= 11 is 0. The fraction of sp³-hybridized carbons (Fsp3) is 0.308. The maximum Gasteiger partial charge on any atom is 0.316 e. The summed E-state index contributed by atoms with van der Waals surface area (Å²) in [6, 6.07) is 17.1. The van der Waals surface area contributed by atoms with Gasteiger partial charge in [0.2, 0.25) is 0 Å². The van der Waals surface area contributed by atoms with Gasteiger partial charge in [0.25, 0.3) is 0 Å². The molecule has 1 aliphatic carbocycles. The summed E-state index contributed by atoms with van der Waals surface area (Å²) in [5.74, 6) is 0.615. The number of anilines is 1. The molecule has 0 unspecified atom stereocenters. The second-order valence-corrected chi connectivity index (χ2v) is 8.45. The molecule has 4 rings (SSSR count). The number of amides is 2. The van der Waals surface area contributed by atoms with Gasteiger partial charge in [-0.05, 0) is 77.4 Å². The molecule has 6 heteroatoms. The van der Waals surface area contributed by atoms with Gasteiger partial charge in [0, 0.05) is 17.7 Å². The molecule has 1 aliphatic rings. The standard InChI is InChI=1S/C26H28N2O4/c27-26(31)28-22-10-9-19-14-21(8-7-20(19)15-22)23-13-17(6-12-25(29)30)5-11-24(23)32-16-18-3-1-2-4-18/h5,7-11,13-15,18H,1-4,6,12,16H2,(H,29,30)(H3,27,28,31). The number of rotatable bonds is 8. The highest BCUT2D eigenvalue weighted by Gasteiger charge is 2.17. The van der Waals surface area contributed by atoms with Gasteiger partial charge < -0.3 is 20.9 Å². The largest absolute Gasteiger partial charge is 0.493 e.